The minimum absolute atomic E-state index is 0.0278. The quantitative estimate of drug-likeness (QED) is 0.435. The van der Waals surface area contributed by atoms with E-state index in [0.717, 1.165) is 35.5 Å². The lowest BCUT2D eigenvalue weighted by Gasteiger charge is -2.08. The van der Waals surface area contributed by atoms with Gasteiger partial charge in [0.15, 0.2) is 0 Å². The summed E-state index contributed by atoms with van der Waals surface area (Å²) >= 11 is 1.08. The van der Waals surface area contributed by atoms with Crippen molar-refractivity contribution in [1.82, 2.24) is 9.36 Å². The van der Waals surface area contributed by atoms with Gasteiger partial charge < -0.3 is 16.2 Å². The SMILES string of the molecule is Cc1cc(CCCN)cc(CCC(=O)Cc2snc(OCc3cccnc3)c2C(N)=O)c1. The third-order valence-electron chi connectivity index (χ3n) is 4.99. The van der Waals surface area contributed by atoms with Crippen molar-refractivity contribution in [1.29, 1.82) is 0 Å². The highest BCUT2D eigenvalue weighted by molar-refractivity contribution is 7.06. The predicted molar refractivity (Wildman–Crippen MR) is 125 cm³/mol. The Morgan fingerprint density at radius 3 is 2.59 bits per heavy atom. The summed E-state index contributed by atoms with van der Waals surface area (Å²) in [6.45, 7) is 2.93. The molecule has 3 rings (SSSR count). The molecule has 0 saturated carbocycles. The zero-order valence-corrected chi connectivity index (χ0v) is 19.0. The van der Waals surface area contributed by atoms with Crippen molar-refractivity contribution in [2.24, 2.45) is 11.5 Å². The van der Waals surface area contributed by atoms with Gasteiger partial charge in [0.25, 0.3) is 5.91 Å². The highest BCUT2D eigenvalue weighted by Crippen LogP contribution is 2.27. The molecule has 7 nitrogen and oxygen atoms in total. The molecule has 0 aliphatic carbocycles. The Balaban J connectivity index is 1.62. The van der Waals surface area contributed by atoms with Crippen LogP contribution in [0.4, 0.5) is 0 Å². The number of rotatable bonds is 12. The van der Waals surface area contributed by atoms with Crippen LogP contribution < -0.4 is 16.2 Å². The monoisotopic (exact) mass is 452 g/mol. The molecule has 2 heterocycles. The minimum Gasteiger partial charge on any atom is -0.472 e. The first-order valence-electron chi connectivity index (χ1n) is 10.6. The average molecular weight is 453 g/mol. The number of aryl methyl sites for hydroxylation is 3. The van der Waals surface area contributed by atoms with E-state index < -0.39 is 5.91 Å². The topological polar surface area (TPSA) is 121 Å². The fourth-order valence-electron chi connectivity index (χ4n) is 3.50. The number of hydrogen-bond donors (Lipinski definition) is 2. The molecule has 8 heteroatoms. The van der Waals surface area contributed by atoms with E-state index in [4.69, 9.17) is 16.2 Å². The number of benzene rings is 1. The van der Waals surface area contributed by atoms with Gasteiger partial charge in [-0.2, -0.15) is 4.37 Å². The van der Waals surface area contributed by atoms with Crippen LogP contribution >= 0.6 is 11.5 Å². The Kier molecular flexibility index (Phi) is 8.47. The second-order valence-electron chi connectivity index (χ2n) is 7.73. The number of nitrogens with zero attached hydrogens (tertiary/aromatic N) is 2. The lowest BCUT2D eigenvalue weighted by atomic mass is 9.98. The number of ether oxygens (including phenoxy) is 1. The third kappa shape index (κ3) is 6.70. The van der Waals surface area contributed by atoms with Crippen LogP contribution in [-0.2, 0) is 30.7 Å². The van der Waals surface area contributed by atoms with Crippen LogP contribution in [0.1, 0.15) is 50.3 Å². The molecule has 0 fully saturated rings. The lowest BCUT2D eigenvalue weighted by Crippen LogP contribution is -2.15. The van der Waals surface area contributed by atoms with Gasteiger partial charge in [-0.3, -0.25) is 14.6 Å². The second-order valence-corrected chi connectivity index (χ2v) is 8.59. The summed E-state index contributed by atoms with van der Waals surface area (Å²) in [5, 5.41) is 0. The summed E-state index contributed by atoms with van der Waals surface area (Å²) in [5.41, 5.74) is 15.8. The lowest BCUT2D eigenvalue weighted by molar-refractivity contribution is -0.118. The van der Waals surface area contributed by atoms with Crippen LogP contribution in [0.3, 0.4) is 0 Å². The normalized spacial score (nSPS) is 10.8. The van der Waals surface area contributed by atoms with Gasteiger partial charge in [0.2, 0.25) is 5.88 Å². The molecule has 32 heavy (non-hydrogen) atoms. The zero-order valence-electron chi connectivity index (χ0n) is 18.2. The molecule has 168 valence electrons. The molecule has 0 saturated heterocycles. The van der Waals surface area contributed by atoms with E-state index in [1.807, 2.05) is 6.07 Å². The molecule has 2 aromatic heterocycles. The highest BCUT2D eigenvalue weighted by atomic mass is 32.1. The number of carbonyl (C=O) groups excluding carboxylic acids is 2. The van der Waals surface area contributed by atoms with E-state index >= 15 is 0 Å². The van der Waals surface area contributed by atoms with Gasteiger partial charge in [0.05, 0.1) is 0 Å². The predicted octanol–water partition coefficient (Wildman–Crippen LogP) is 3.16. The van der Waals surface area contributed by atoms with Crippen molar-refractivity contribution in [2.75, 3.05) is 6.54 Å². The van der Waals surface area contributed by atoms with Crippen LogP contribution in [-0.4, -0.2) is 27.6 Å². The van der Waals surface area contributed by atoms with Crippen LogP contribution in [0, 0.1) is 6.92 Å². The second kappa shape index (κ2) is 11.5. The molecule has 0 aliphatic heterocycles. The van der Waals surface area contributed by atoms with Gasteiger partial charge in [-0.1, -0.05) is 29.8 Å². The van der Waals surface area contributed by atoms with Gasteiger partial charge in [-0.15, -0.1) is 0 Å². The van der Waals surface area contributed by atoms with Gasteiger partial charge in [-0.05, 0) is 61.5 Å². The maximum absolute atomic E-state index is 12.7. The van der Waals surface area contributed by atoms with E-state index in [9.17, 15) is 9.59 Å². The van der Waals surface area contributed by atoms with Crippen molar-refractivity contribution in [3.63, 3.8) is 0 Å². The standard InChI is InChI=1S/C24H28N4O3S/c1-16-10-17(4-2-8-25)12-18(11-16)6-7-20(29)13-21-22(23(26)30)24(28-32-21)31-15-19-5-3-9-27-14-19/h3,5,9-12,14H,2,4,6-8,13,15,25H2,1H3,(H2,26,30). The number of hydrogen-bond acceptors (Lipinski definition) is 7. The fraction of sp³-hybridized carbons (Fsp3) is 0.333. The van der Waals surface area contributed by atoms with Crippen molar-refractivity contribution < 1.29 is 14.3 Å². The van der Waals surface area contributed by atoms with Crippen LogP contribution in [0.25, 0.3) is 0 Å². The van der Waals surface area contributed by atoms with Gasteiger partial charge in [-0.25, -0.2) is 0 Å². The maximum Gasteiger partial charge on any atom is 0.255 e. The first-order valence-corrected chi connectivity index (χ1v) is 11.3. The number of Topliss-reactive ketones (excluding diaryl/α,β-unsaturated/α-hetero) is 1. The number of pyridine rings is 1. The van der Waals surface area contributed by atoms with Crippen molar-refractivity contribution >= 4 is 23.2 Å². The zero-order chi connectivity index (χ0) is 22.9. The Morgan fingerprint density at radius 2 is 1.91 bits per heavy atom. The summed E-state index contributed by atoms with van der Waals surface area (Å²) in [7, 11) is 0. The molecule has 4 N–H and O–H groups in total. The molecule has 0 unspecified atom stereocenters. The highest BCUT2D eigenvalue weighted by Gasteiger charge is 2.22. The Labute approximate surface area is 192 Å². The van der Waals surface area contributed by atoms with Crippen LogP contribution in [0.2, 0.25) is 0 Å². The summed E-state index contributed by atoms with van der Waals surface area (Å²) < 4.78 is 9.88. The molecule has 1 amide bonds. The molecule has 0 bridgehead atoms. The van der Waals surface area contributed by atoms with Gasteiger partial charge >= 0.3 is 0 Å². The van der Waals surface area contributed by atoms with E-state index in [1.54, 1.807) is 18.5 Å². The molecular weight excluding hydrogens is 424 g/mol. The summed E-state index contributed by atoms with van der Waals surface area (Å²) in [5.74, 6) is -0.455. The minimum atomic E-state index is -0.647. The van der Waals surface area contributed by atoms with Crippen molar-refractivity contribution in [2.45, 2.75) is 45.6 Å². The third-order valence-corrected chi connectivity index (χ3v) is 5.82. The fourth-order valence-corrected chi connectivity index (χ4v) is 4.34. The summed E-state index contributed by atoms with van der Waals surface area (Å²) in [6, 6.07) is 10.1. The Bertz CT molecular complexity index is 1070. The summed E-state index contributed by atoms with van der Waals surface area (Å²) in [6.07, 6.45) is 6.35. The van der Waals surface area contributed by atoms with E-state index in [-0.39, 0.29) is 30.3 Å². The maximum atomic E-state index is 12.7. The van der Waals surface area contributed by atoms with E-state index in [2.05, 4.69) is 34.5 Å². The van der Waals surface area contributed by atoms with Gasteiger partial charge in [0.1, 0.15) is 18.0 Å². The smallest absolute Gasteiger partial charge is 0.255 e. The number of primary amides is 1. The molecule has 1 aromatic carbocycles. The largest absolute Gasteiger partial charge is 0.472 e. The van der Waals surface area contributed by atoms with Gasteiger partial charge in [0, 0.05) is 35.7 Å². The number of ketones is 1. The Hall–Kier alpha value is -3.10. The molecule has 0 atom stereocenters. The number of aromatic nitrogens is 2. The average Bonchev–Trinajstić information content (AvgIpc) is 3.18. The molecule has 0 aliphatic rings. The molecule has 0 radical (unpaired) electrons. The molecule has 3 aromatic rings. The number of nitrogens with two attached hydrogens (primary N) is 2. The summed E-state index contributed by atoms with van der Waals surface area (Å²) in [4.78, 5) is 29.2. The first-order chi connectivity index (χ1) is 15.5. The molecule has 0 spiro atoms. The first kappa shape index (κ1) is 23.6. The van der Waals surface area contributed by atoms with Crippen LogP contribution in [0.5, 0.6) is 5.88 Å². The van der Waals surface area contributed by atoms with E-state index in [1.165, 1.54) is 11.1 Å². The number of amides is 1. The van der Waals surface area contributed by atoms with E-state index in [0.29, 0.717) is 24.3 Å². The molecular formula is C24H28N4O3S. The van der Waals surface area contributed by atoms with Crippen LogP contribution in [0.15, 0.2) is 42.7 Å². The van der Waals surface area contributed by atoms with Crippen molar-refractivity contribution in [3.8, 4) is 5.88 Å². The Morgan fingerprint density at radius 1 is 1.12 bits per heavy atom. The number of carbonyl (C=O) groups is 2. The van der Waals surface area contributed by atoms with Crippen molar-refractivity contribution in [3.05, 3.63) is 75.4 Å².